The van der Waals surface area contributed by atoms with Gasteiger partial charge < -0.3 is 9.64 Å². The maximum atomic E-state index is 12.5. The van der Waals surface area contributed by atoms with Gasteiger partial charge in [0.25, 0.3) is 0 Å². The first-order valence-electron chi connectivity index (χ1n) is 8.26. The number of ether oxygens (including phenoxy) is 1. The van der Waals surface area contributed by atoms with Gasteiger partial charge in [0.15, 0.2) is 11.6 Å². The molecule has 0 spiro atoms. The molecule has 3 heterocycles. The van der Waals surface area contributed by atoms with Gasteiger partial charge >= 0.3 is 0 Å². The summed E-state index contributed by atoms with van der Waals surface area (Å²) in [6.45, 7) is 7.60. The number of rotatable bonds is 4. The first-order valence-corrected chi connectivity index (χ1v) is 8.26. The van der Waals surface area contributed by atoms with E-state index < -0.39 is 0 Å². The summed E-state index contributed by atoms with van der Waals surface area (Å²) in [7, 11) is 0. The van der Waals surface area contributed by atoms with Crippen LogP contribution in [0.3, 0.4) is 0 Å². The second kappa shape index (κ2) is 7.09. The molecule has 2 aromatic rings. The number of hydrogen-bond donors (Lipinski definition) is 1. The molecule has 0 aliphatic carbocycles. The second-order valence-corrected chi connectivity index (χ2v) is 6.42. The molecule has 7 heteroatoms. The molecular weight excluding hydrogens is 306 g/mol. The number of carbonyl (C=O) groups excluding carboxylic acids is 1. The maximum absolute atomic E-state index is 12.5. The standard InChI is InChI=1S/C17H23N5O2/c1-11(2)16-19-17(21-20-16)14-10-22(6-7-24-14)15(23)8-13-5-4-12(3)18-9-13/h4-5,9,11,14H,6-8,10H2,1-3H3,(H,19,20,21). The number of nitrogens with zero attached hydrogens (tertiary/aromatic N) is 4. The van der Waals surface area contributed by atoms with Gasteiger partial charge in [0.1, 0.15) is 6.10 Å². The van der Waals surface area contributed by atoms with E-state index >= 15 is 0 Å². The van der Waals surface area contributed by atoms with Gasteiger partial charge in [0, 0.05) is 24.4 Å². The van der Waals surface area contributed by atoms with Gasteiger partial charge in [-0.15, -0.1) is 0 Å². The van der Waals surface area contributed by atoms with Crippen LogP contribution in [0.4, 0.5) is 0 Å². The minimum atomic E-state index is -0.251. The Labute approximate surface area is 141 Å². The number of aryl methyl sites for hydroxylation is 1. The summed E-state index contributed by atoms with van der Waals surface area (Å²) in [5.41, 5.74) is 1.87. The van der Waals surface area contributed by atoms with Crippen molar-refractivity contribution >= 4 is 5.91 Å². The zero-order chi connectivity index (χ0) is 17.1. The van der Waals surface area contributed by atoms with Gasteiger partial charge in [-0.25, -0.2) is 4.98 Å². The van der Waals surface area contributed by atoms with Crippen molar-refractivity contribution in [2.75, 3.05) is 19.7 Å². The molecule has 0 radical (unpaired) electrons. The maximum Gasteiger partial charge on any atom is 0.227 e. The van der Waals surface area contributed by atoms with Crippen LogP contribution in [0.15, 0.2) is 18.3 Å². The molecule has 1 amide bonds. The summed E-state index contributed by atoms with van der Waals surface area (Å²) in [6.07, 6.45) is 1.86. The quantitative estimate of drug-likeness (QED) is 0.924. The highest BCUT2D eigenvalue weighted by molar-refractivity contribution is 5.78. The van der Waals surface area contributed by atoms with Crippen LogP contribution in [-0.2, 0) is 16.0 Å². The van der Waals surface area contributed by atoms with Crippen LogP contribution >= 0.6 is 0 Å². The number of pyridine rings is 1. The van der Waals surface area contributed by atoms with Gasteiger partial charge in [-0.3, -0.25) is 14.9 Å². The highest BCUT2D eigenvalue weighted by Crippen LogP contribution is 2.21. The van der Waals surface area contributed by atoms with E-state index in [-0.39, 0.29) is 17.9 Å². The Morgan fingerprint density at radius 1 is 1.46 bits per heavy atom. The molecule has 1 atom stereocenters. The molecule has 1 fully saturated rings. The average molecular weight is 329 g/mol. The van der Waals surface area contributed by atoms with E-state index in [0.717, 1.165) is 17.1 Å². The fourth-order valence-electron chi connectivity index (χ4n) is 2.62. The Bertz CT molecular complexity index is 695. The molecule has 0 bridgehead atoms. The zero-order valence-corrected chi connectivity index (χ0v) is 14.3. The molecule has 2 aromatic heterocycles. The first kappa shape index (κ1) is 16.6. The highest BCUT2D eigenvalue weighted by Gasteiger charge is 2.28. The number of hydrogen-bond acceptors (Lipinski definition) is 5. The van der Waals surface area contributed by atoms with Crippen molar-refractivity contribution in [1.82, 2.24) is 25.1 Å². The summed E-state index contributed by atoms with van der Waals surface area (Å²) >= 11 is 0. The van der Waals surface area contributed by atoms with Crippen LogP contribution in [0.5, 0.6) is 0 Å². The van der Waals surface area contributed by atoms with Crippen molar-refractivity contribution in [2.24, 2.45) is 0 Å². The Kier molecular flexibility index (Phi) is 4.89. The molecular formula is C17H23N5O2. The number of amides is 1. The largest absolute Gasteiger partial charge is 0.367 e. The molecule has 128 valence electrons. The number of carbonyl (C=O) groups is 1. The third-order valence-corrected chi connectivity index (χ3v) is 4.09. The van der Waals surface area contributed by atoms with Crippen LogP contribution < -0.4 is 0 Å². The van der Waals surface area contributed by atoms with Crippen molar-refractivity contribution in [3.05, 3.63) is 41.2 Å². The second-order valence-electron chi connectivity index (χ2n) is 6.42. The third kappa shape index (κ3) is 3.79. The van der Waals surface area contributed by atoms with E-state index in [1.165, 1.54) is 0 Å². The first-order chi connectivity index (χ1) is 11.5. The van der Waals surface area contributed by atoms with E-state index in [1.807, 2.05) is 37.8 Å². The van der Waals surface area contributed by atoms with Crippen LogP contribution in [0.2, 0.25) is 0 Å². The fourth-order valence-corrected chi connectivity index (χ4v) is 2.62. The summed E-state index contributed by atoms with van der Waals surface area (Å²) in [4.78, 5) is 23.1. The summed E-state index contributed by atoms with van der Waals surface area (Å²) in [5.74, 6) is 1.79. The minimum absolute atomic E-state index is 0.0811. The molecule has 3 rings (SSSR count). The van der Waals surface area contributed by atoms with E-state index in [0.29, 0.717) is 31.9 Å². The average Bonchev–Trinajstić information content (AvgIpc) is 3.07. The van der Waals surface area contributed by atoms with Gasteiger partial charge in [0.05, 0.1) is 19.6 Å². The van der Waals surface area contributed by atoms with Crippen molar-refractivity contribution in [3.63, 3.8) is 0 Å². The van der Waals surface area contributed by atoms with E-state index in [4.69, 9.17) is 4.74 Å². The predicted octanol–water partition coefficient (Wildman–Crippen LogP) is 1.77. The van der Waals surface area contributed by atoms with Crippen molar-refractivity contribution < 1.29 is 9.53 Å². The number of H-pyrrole nitrogens is 1. The summed E-state index contributed by atoms with van der Waals surface area (Å²) in [5, 5.41) is 7.15. The van der Waals surface area contributed by atoms with Crippen molar-refractivity contribution in [2.45, 2.75) is 39.2 Å². The fraction of sp³-hybridized carbons (Fsp3) is 0.529. The molecule has 7 nitrogen and oxygen atoms in total. The SMILES string of the molecule is Cc1ccc(CC(=O)N2CCOC(c3nc(C(C)C)n[nH]3)C2)cn1. The van der Waals surface area contributed by atoms with E-state index in [9.17, 15) is 4.79 Å². The number of nitrogens with one attached hydrogen (secondary N) is 1. The third-order valence-electron chi connectivity index (χ3n) is 4.09. The van der Waals surface area contributed by atoms with Gasteiger partial charge in [-0.1, -0.05) is 19.9 Å². The number of aromatic nitrogens is 4. The number of morpholine rings is 1. The van der Waals surface area contributed by atoms with Crippen LogP contribution in [0.1, 0.15) is 48.8 Å². The van der Waals surface area contributed by atoms with Crippen molar-refractivity contribution in [1.29, 1.82) is 0 Å². The molecule has 0 aromatic carbocycles. The summed E-state index contributed by atoms with van der Waals surface area (Å²) < 4.78 is 5.76. The molecule has 1 saturated heterocycles. The van der Waals surface area contributed by atoms with Crippen molar-refractivity contribution in [3.8, 4) is 0 Å². The molecule has 24 heavy (non-hydrogen) atoms. The lowest BCUT2D eigenvalue weighted by Crippen LogP contribution is -2.43. The van der Waals surface area contributed by atoms with E-state index in [2.05, 4.69) is 20.2 Å². The highest BCUT2D eigenvalue weighted by atomic mass is 16.5. The smallest absolute Gasteiger partial charge is 0.227 e. The molecule has 0 saturated carbocycles. The lowest BCUT2D eigenvalue weighted by atomic mass is 10.1. The van der Waals surface area contributed by atoms with Gasteiger partial charge in [-0.05, 0) is 18.6 Å². The Morgan fingerprint density at radius 3 is 2.96 bits per heavy atom. The Morgan fingerprint density at radius 2 is 2.29 bits per heavy atom. The van der Waals surface area contributed by atoms with Crippen LogP contribution in [-0.4, -0.2) is 50.7 Å². The summed E-state index contributed by atoms with van der Waals surface area (Å²) in [6, 6.07) is 3.87. The lowest BCUT2D eigenvalue weighted by molar-refractivity contribution is -0.138. The van der Waals surface area contributed by atoms with Gasteiger partial charge in [0.2, 0.25) is 5.91 Å². The molecule has 1 N–H and O–H groups in total. The topological polar surface area (TPSA) is 84.0 Å². The predicted molar refractivity (Wildman–Crippen MR) is 88.4 cm³/mol. The normalized spacial score (nSPS) is 18.2. The molecule has 1 aliphatic rings. The van der Waals surface area contributed by atoms with Crippen LogP contribution in [0, 0.1) is 6.92 Å². The Hall–Kier alpha value is -2.28. The molecule has 1 unspecified atom stereocenters. The van der Waals surface area contributed by atoms with E-state index in [1.54, 1.807) is 6.20 Å². The van der Waals surface area contributed by atoms with Crippen LogP contribution in [0.25, 0.3) is 0 Å². The Balaban J connectivity index is 1.63. The monoisotopic (exact) mass is 329 g/mol. The lowest BCUT2D eigenvalue weighted by Gasteiger charge is -2.32. The zero-order valence-electron chi connectivity index (χ0n) is 14.3. The van der Waals surface area contributed by atoms with Gasteiger partial charge in [-0.2, -0.15) is 5.10 Å². The number of aromatic amines is 1. The minimum Gasteiger partial charge on any atom is -0.367 e. The molecule has 1 aliphatic heterocycles.